The van der Waals surface area contributed by atoms with Gasteiger partial charge in [-0.25, -0.2) is 8.42 Å². The fourth-order valence-corrected chi connectivity index (χ4v) is 4.54. The number of likely N-dealkylation sites (N-methyl/N-ethyl adjacent to an activating group) is 1. The van der Waals surface area contributed by atoms with Crippen molar-refractivity contribution in [3.63, 3.8) is 0 Å². The van der Waals surface area contributed by atoms with E-state index >= 15 is 0 Å². The number of amides is 1. The van der Waals surface area contributed by atoms with Gasteiger partial charge < -0.3 is 14.6 Å². The average molecular weight is 406 g/mol. The molecule has 1 saturated heterocycles. The molecule has 0 unspecified atom stereocenters. The molecule has 1 aromatic heterocycles. The van der Waals surface area contributed by atoms with Crippen LogP contribution in [-0.2, 0) is 16.4 Å². The summed E-state index contributed by atoms with van der Waals surface area (Å²) in [5, 5.41) is 2.56. The van der Waals surface area contributed by atoms with Crippen LogP contribution in [0.15, 0.2) is 45.9 Å². The summed E-state index contributed by atoms with van der Waals surface area (Å²) in [6.45, 7) is 1.93. The molecule has 28 heavy (non-hydrogen) atoms. The molecule has 152 valence electrons. The van der Waals surface area contributed by atoms with Gasteiger partial charge in [0.2, 0.25) is 5.09 Å². The number of hydrogen-bond acceptors (Lipinski definition) is 5. The maximum Gasteiger partial charge on any atom is 0.291 e. The Balaban J connectivity index is 1.64. The molecule has 0 aliphatic carbocycles. The second-order valence-corrected chi connectivity index (χ2v) is 9.16. The first-order valence-corrected chi connectivity index (χ1v) is 11.0. The summed E-state index contributed by atoms with van der Waals surface area (Å²) in [4.78, 5) is 14.5. The van der Waals surface area contributed by atoms with E-state index in [2.05, 4.69) is 10.2 Å². The van der Waals surface area contributed by atoms with E-state index in [9.17, 15) is 13.2 Å². The minimum Gasteiger partial charge on any atom is -0.438 e. The van der Waals surface area contributed by atoms with Crippen LogP contribution < -0.4 is 5.32 Å². The molecule has 1 N–H and O–H groups in total. The summed E-state index contributed by atoms with van der Waals surface area (Å²) in [5.41, 5.74) is 1.81. The molecule has 1 amide bonds. The summed E-state index contributed by atoms with van der Waals surface area (Å²) < 4.78 is 32.0. The maximum absolute atomic E-state index is 12.6. The highest BCUT2D eigenvalue weighted by Crippen LogP contribution is 2.23. The number of furan rings is 1. The SMILES string of the molecule is CN(C)CCc1ccc(NC(=O)c2ccc(S(=O)(=O)N3CCCCC3)o2)cc1. The molecule has 2 aromatic rings. The van der Waals surface area contributed by atoms with E-state index in [0.29, 0.717) is 18.8 Å². The summed E-state index contributed by atoms with van der Waals surface area (Å²) in [6.07, 6.45) is 3.65. The second-order valence-electron chi connectivity index (χ2n) is 7.29. The lowest BCUT2D eigenvalue weighted by molar-refractivity contribution is 0.0991. The van der Waals surface area contributed by atoms with Gasteiger partial charge in [0.05, 0.1) is 0 Å². The molecule has 3 rings (SSSR count). The normalized spacial score (nSPS) is 15.7. The molecule has 8 heteroatoms. The Kier molecular flexibility index (Phi) is 6.53. The highest BCUT2D eigenvalue weighted by Gasteiger charge is 2.29. The number of benzene rings is 1. The lowest BCUT2D eigenvalue weighted by Gasteiger charge is -2.24. The van der Waals surface area contributed by atoms with Gasteiger partial charge >= 0.3 is 0 Å². The number of hydrogen-bond donors (Lipinski definition) is 1. The first kappa shape index (κ1) is 20.6. The third-order valence-electron chi connectivity index (χ3n) is 4.77. The Morgan fingerprint density at radius 2 is 1.75 bits per heavy atom. The van der Waals surface area contributed by atoms with Crippen LogP contribution >= 0.6 is 0 Å². The minimum absolute atomic E-state index is 0.0210. The van der Waals surface area contributed by atoms with Crippen LogP contribution in [0.1, 0.15) is 35.4 Å². The van der Waals surface area contributed by atoms with Gasteiger partial charge in [0, 0.05) is 25.3 Å². The van der Waals surface area contributed by atoms with E-state index in [1.165, 1.54) is 22.0 Å². The topological polar surface area (TPSA) is 82.9 Å². The largest absolute Gasteiger partial charge is 0.438 e. The number of sulfonamides is 1. The minimum atomic E-state index is -3.68. The molecule has 7 nitrogen and oxygen atoms in total. The van der Waals surface area contributed by atoms with Crippen molar-refractivity contribution in [3.05, 3.63) is 47.7 Å². The molecule has 1 aliphatic rings. The van der Waals surface area contributed by atoms with Crippen molar-refractivity contribution < 1.29 is 17.6 Å². The van der Waals surface area contributed by atoms with Gasteiger partial charge in [0.15, 0.2) is 5.76 Å². The number of nitrogens with one attached hydrogen (secondary N) is 1. The average Bonchev–Trinajstić information content (AvgIpc) is 3.19. The van der Waals surface area contributed by atoms with Crippen molar-refractivity contribution in [2.75, 3.05) is 39.0 Å². The Labute approximate surface area is 166 Å². The quantitative estimate of drug-likeness (QED) is 0.766. The smallest absolute Gasteiger partial charge is 0.291 e. The van der Waals surface area contributed by atoms with Crippen LogP contribution in [0.2, 0.25) is 0 Å². The van der Waals surface area contributed by atoms with Crippen molar-refractivity contribution in [2.45, 2.75) is 30.8 Å². The van der Waals surface area contributed by atoms with Crippen LogP contribution in [0.25, 0.3) is 0 Å². The zero-order valence-corrected chi connectivity index (χ0v) is 17.2. The predicted octanol–water partition coefficient (Wildman–Crippen LogP) is 2.81. The highest BCUT2D eigenvalue weighted by molar-refractivity contribution is 7.89. The zero-order valence-electron chi connectivity index (χ0n) is 16.3. The van der Waals surface area contributed by atoms with Crippen LogP contribution in [0, 0.1) is 0 Å². The van der Waals surface area contributed by atoms with Gasteiger partial charge in [-0.3, -0.25) is 4.79 Å². The van der Waals surface area contributed by atoms with E-state index in [1.54, 1.807) is 0 Å². The van der Waals surface area contributed by atoms with Crippen LogP contribution in [0.5, 0.6) is 0 Å². The predicted molar refractivity (Wildman–Crippen MR) is 108 cm³/mol. The van der Waals surface area contributed by atoms with Crippen molar-refractivity contribution in [1.29, 1.82) is 0 Å². The van der Waals surface area contributed by atoms with Gasteiger partial charge in [0.1, 0.15) is 0 Å². The van der Waals surface area contributed by atoms with E-state index in [-0.39, 0.29) is 10.9 Å². The van der Waals surface area contributed by atoms with Crippen LogP contribution in [0.3, 0.4) is 0 Å². The van der Waals surface area contributed by atoms with Gasteiger partial charge in [-0.15, -0.1) is 0 Å². The first-order chi connectivity index (χ1) is 13.4. The third kappa shape index (κ3) is 5.01. The Morgan fingerprint density at radius 1 is 1.07 bits per heavy atom. The Hall–Kier alpha value is -2.16. The van der Waals surface area contributed by atoms with E-state index in [4.69, 9.17) is 4.42 Å². The summed E-state index contributed by atoms with van der Waals surface area (Å²) in [5.74, 6) is -0.492. The lowest BCUT2D eigenvalue weighted by atomic mass is 10.1. The van der Waals surface area contributed by atoms with Crippen molar-refractivity contribution in [2.24, 2.45) is 0 Å². The van der Waals surface area contributed by atoms with Gasteiger partial charge in [-0.2, -0.15) is 4.31 Å². The zero-order chi connectivity index (χ0) is 20.1. The van der Waals surface area contributed by atoms with Gasteiger partial charge in [-0.1, -0.05) is 18.6 Å². The van der Waals surface area contributed by atoms with E-state index < -0.39 is 15.9 Å². The number of piperidine rings is 1. The number of nitrogens with zero attached hydrogens (tertiary/aromatic N) is 2. The number of anilines is 1. The molecule has 1 aromatic carbocycles. The van der Waals surface area contributed by atoms with Gasteiger partial charge in [-0.05, 0) is 63.2 Å². The molecule has 0 radical (unpaired) electrons. The molecular formula is C20H27N3O4S. The highest BCUT2D eigenvalue weighted by atomic mass is 32.2. The molecule has 0 saturated carbocycles. The summed E-state index contributed by atoms with van der Waals surface area (Å²) in [7, 11) is 0.367. The molecule has 0 spiro atoms. The molecule has 2 heterocycles. The van der Waals surface area contributed by atoms with Crippen LogP contribution in [0.4, 0.5) is 5.69 Å². The fourth-order valence-electron chi connectivity index (χ4n) is 3.11. The Bertz CT molecular complexity index is 898. The summed E-state index contributed by atoms with van der Waals surface area (Å²) in [6, 6.07) is 10.3. The molecule has 1 aliphatic heterocycles. The van der Waals surface area contributed by atoms with Crippen molar-refractivity contribution >= 4 is 21.6 Å². The molecule has 0 bridgehead atoms. The molecular weight excluding hydrogens is 378 g/mol. The third-order valence-corrected chi connectivity index (χ3v) is 6.55. The first-order valence-electron chi connectivity index (χ1n) is 9.51. The number of carbonyl (C=O) groups excluding carboxylic acids is 1. The van der Waals surface area contributed by atoms with E-state index in [1.807, 2.05) is 38.4 Å². The molecule has 0 atom stereocenters. The van der Waals surface area contributed by atoms with Crippen molar-refractivity contribution in [3.8, 4) is 0 Å². The van der Waals surface area contributed by atoms with Gasteiger partial charge in [0.25, 0.3) is 15.9 Å². The van der Waals surface area contributed by atoms with Crippen LogP contribution in [-0.4, -0.2) is 57.3 Å². The summed E-state index contributed by atoms with van der Waals surface area (Å²) >= 11 is 0. The van der Waals surface area contributed by atoms with Crippen molar-refractivity contribution in [1.82, 2.24) is 9.21 Å². The number of carbonyl (C=O) groups is 1. The lowest BCUT2D eigenvalue weighted by Crippen LogP contribution is -2.35. The maximum atomic E-state index is 12.6. The second kappa shape index (κ2) is 8.89. The number of rotatable bonds is 7. The monoisotopic (exact) mass is 405 g/mol. The molecule has 1 fully saturated rings. The fraction of sp³-hybridized carbons (Fsp3) is 0.450. The van der Waals surface area contributed by atoms with E-state index in [0.717, 1.165) is 32.2 Å². The Morgan fingerprint density at radius 3 is 2.39 bits per heavy atom. The standard InChI is InChI=1S/C20H27N3O4S/c1-22(2)15-12-16-6-8-17(9-7-16)21-20(24)18-10-11-19(27-18)28(25,26)23-13-4-3-5-14-23/h6-11H,3-5,12-15H2,1-2H3,(H,21,24).